The molecule has 2 aliphatic heterocycles. The number of carbonyl (C=O) groups is 1. The van der Waals surface area contributed by atoms with Gasteiger partial charge in [0.05, 0.1) is 17.6 Å². The van der Waals surface area contributed by atoms with Crippen LogP contribution in [0.15, 0.2) is 65.0 Å². The van der Waals surface area contributed by atoms with Gasteiger partial charge in [-0.2, -0.15) is 0 Å². The van der Waals surface area contributed by atoms with Crippen LogP contribution in [0, 0.1) is 11.3 Å². The maximum absolute atomic E-state index is 13.2. The van der Waals surface area contributed by atoms with Gasteiger partial charge in [-0.25, -0.2) is 0 Å². The Bertz CT molecular complexity index is 1130. The summed E-state index contributed by atoms with van der Waals surface area (Å²) in [6.07, 6.45) is 13.8. The first-order valence-electron chi connectivity index (χ1n) is 12.1. The lowest BCUT2D eigenvalue weighted by atomic mass is 9.70. The third-order valence-electron chi connectivity index (χ3n) is 6.83. The zero-order valence-electron chi connectivity index (χ0n) is 21.2. The van der Waals surface area contributed by atoms with E-state index in [1.165, 1.54) is 17.2 Å². The van der Waals surface area contributed by atoms with Crippen LogP contribution in [-0.2, 0) is 11.2 Å². The third kappa shape index (κ3) is 4.77. The Kier molecular flexibility index (Phi) is 6.37. The fourth-order valence-corrected chi connectivity index (χ4v) is 4.81. The SMILES string of the molecule is CC(C)=CCC1(CC=C(C)C)C=C([C@@H]2COc3c(ccc4c3C=CC(C)(C)O4)C2)C(O)=CC1=O. The number of hydrogen-bond acceptors (Lipinski definition) is 4. The molecular formula is C30H36O4. The zero-order chi connectivity index (χ0) is 24.7. The van der Waals surface area contributed by atoms with Crippen molar-refractivity contribution in [2.75, 3.05) is 6.61 Å². The van der Waals surface area contributed by atoms with Crippen LogP contribution in [0.25, 0.3) is 6.08 Å². The molecule has 0 bridgehead atoms. The average molecular weight is 461 g/mol. The molecule has 0 saturated carbocycles. The largest absolute Gasteiger partial charge is 0.508 e. The Morgan fingerprint density at radius 3 is 2.44 bits per heavy atom. The van der Waals surface area contributed by atoms with Crippen molar-refractivity contribution in [1.29, 1.82) is 0 Å². The van der Waals surface area contributed by atoms with E-state index in [1.807, 2.05) is 53.7 Å². The molecule has 3 aliphatic rings. The van der Waals surface area contributed by atoms with E-state index in [0.29, 0.717) is 19.4 Å². The van der Waals surface area contributed by atoms with Crippen LogP contribution in [0.2, 0.25) is 0 Å². The van der Waals surface area contributed by atoms with Crippen molar-refractivity contribution in [1.82, 2.24) is 0 Å². The molecule has 4 nitrogen and oxygen atoms in total. The minimum absolute atomic E-state index is 0.0300. The lowest BCUT2D eigenvalue weighted by molar-refractivity contribution is -0.121. The number of hydrogen-bond donors (Lipinski definition) is 1. The molecule has 0 aromatic heterocycles. The second-order valence-corrected chi connectivity index (χ2v) is 10.8. The average Bonchev–Trinajstić information content (AvgIpc) is 2.76. The van der Waals surface area contributed by atoms with Crippen LogP contribution in [0.4, 0.5) is 0 Å². The number of ether oxygens (including phenoxy) is 2. The number of benzene rings is 1. The quantitative estimate of drug-likeness (QED) is 0.477. The number of carbonyl (C=O) groups excluding carboxylic acids is 1. The van der Waals surface area contributed by atoms with E-state index in [9.17, 15) is 9.90 Å². The molecule has 0 spiro atoms. The van der Waals surface area contributed by atoms with Crippen LogP contribution in [0.1, 0.15) is 65.5 Å². The summed E-state index contributed by atoms with van der Waals surface area (Å²) in [6.45, 7) is 12.7. The fourth-order valence-electron chi connectivity index (χ4n) is 4.81. The molecule has 0 fully saturated rings. The number of aliphatic hydroxyl groups excluding tert-OH is 1. The second kappa shape index (κ2) is 8.98. The van der Waals surface area contributed by atoms with Gasteiger partial charge in [0.15, 0.2) is 5.78 Å². The highest BCUT2D eigenvalue weighted by molar-refractivity contribution is 5.99. The molecule has 0 saturated heterocycles. The van der Waals surface area contributed by atoms with Gasteiger partial charge in [0.1, 0.15) is 22.9 Å². The van der Waals surface area contributed by atoms with E-state index in [2.05, 4.69) is 30.4 Å². The van der Waals surface area contributed by atoms with E-state index in [1.54, 1.807) is 0 Å². The van der Waals surface area contributed by atoms with Crippen molar-refractivity contribution in [2.45, 2.75) is 66.4 Å². The standard InChI is InChI=1S/C30H36O4/c1-19(2)9-13-30(14-10-20(3)4)17-24(25(31)16-27(30)32)22-15-21-7-8-26-23(28(21)33-18-22)11-12-29(5,6)34-26/h7-12,16-17,22,31H,13-15,18H2,1-6H3/t22-/m0/s1. The first-order valence-corrected chi connectivity index (χ1v) is 12.1. The Hall–Kier alpha value is -3.01. The lowest BCUT2D eigenvalue weighted by Gasteiger charge is -2.36. The van der Waals surface area contributed by atoms with Gasteiger partial charge in [0.25, 0.3) is 0 Å². The van der Waals surface area contributed by atoms with E-state index in [-0.39, 0.29) is 23.1 Å². The van der Waals surface area contributed by atoms with Crippen molar-refractivity contribution in [2.24, 2.45) is 11.3 Å². The second-order valence-electron chi connectivity index (χ2n) is 10.8. The zero-order valence-corrected chi connectivity index (χ0v) is 21.2. The molecule has 1 N–H and O–H groups in total. The van der Waals surface area contributed by atoms with Crippen LogP contribution < -0.4 is 9.47 Å². The summed E-state index contributed by atoms with van der Waals surface area (Å²) < 4.78 is 12.4. The highest BCUT2D eigenvalue weighted by Gasteiger charge is 2.40. The molecule has 0 unspecified atom stereocenters. The summed E-state index contributed by atoms with van der Waals surface area (Å²) in [5.41, 5.74) is 4.20. The Morgan fingerprint density at radius 2 is 1.79 bits per heavy atom. The number of fused-ring (bicyclic) bond motifs is 3. The Morgan fingerprint density at radius 1 is 1.12 bits per heavy atom. The molecule has 1 aromatic carbocycles. The minimum atomic E-state index is -0.686. The van der Waals surface area contributed by atoms with E-state index in [0.717, 1.165) is 34.6 Å². The summed E-state index contributed by atoms with van der Waals surface area (Å²) in [6, 6.07) is 4.07. The summed E-state index contributed by atoms with van der Waals surface area (Å²) in [7, 11) is 0. The van der Waals surface area contributed by atoms with Gasteiger partial charge in [-0.15, -0.1) is 0 Å². The molecule has 1 aliphatic carbocycles. The van der Waals surface area contributed by atoms with Crippen molar-refractivity contribution in [3.05, 3.63) is 76.1 Å². The van der Waals surface area contributed by atoms with Crippen LogP contribution in [0.5, 0.6) is 11.5 Å². The van der Waals surface area contributed by atoms with E-state index in [4.69, 9.17) is 9.47 Å². The smallest absolute Gasteiger partial charge is 0.169 e. The van der Waals surface area contributed by atoms with Crippen molar-refractivity contribution < 1.29 is 19.4 Å². The number of ketones is 1. The predicted molar refractivity (Wildman–Crippen MR) is 137 cm³/mol. The minimum Gasteiger partial charge on any atom is -0.508 e. The maximum atomic E-state index is 13.2. The molecule has 2 heterocycles. The molecule has 0 radical (unpaired) electrons. The monoisotopic (exact) mass is 460 g/mol. The van der Waals surface area contributed by atoms with Crippen LogP contribution in [-0.4, -0.2) is 23.1 Å². The van der Waals surface area contributed by atoms with Gasteiger partial charge in [-0.05, 0) is 90.2 Å². The van der Waals surface area contributed by atoms with E-state index < -0.39 is 5.41 Å². The van der Waals surface area contributed by atoms with Crippen LogP contribution in [0.3, 0.4) is 0 Å². The summed E-state index contributed by atoms with van der Waals surface area (Å²) in [5, 5.41) is 10.8. The molecule has 34 heavy (non-hydrogen) atoms. The number of rotatable bonds is 5. The van der Waals surface area contributed by atoms with Gasteiger partial charge >= 0.3 is 0 Å². The third-order valence-corrected chi connectivity index (χ3v) is 6.83. The molecule has 0 amide bonds. The normalized spacial score (nSPS) is 21.7. The van der Waals surface area contributed by atoms with Gasteiger partial charge < -0.3 is 14.6 Å². The van der Waals surface area contributed by atoms with Gasteiger partial charge in [-0.3, -0.25) is 4.79 Å². The van der Waals surface area contributed by atoms with Gasteiger partial charge in [0, 0.05) is 12.0 Å². The molecule has 1 aromatic rings. The predicted octanol–water partition coefficient (Wildman–Crippen LogP) is 7.07. The highest BCUT2D eigenvalue weighted by atomic mass is 16.5. The summed E-state index contributed by atoms with van der Waals surface area (Å²) in [4.78, 5) is 13.2. The number of allylic oxidation sites excluding steroid dienone is 7. The summed E-state index contributed by atoms with van der Waals surface area (Å²) >= 11 is 0. The first kappa shape index (κ1) is 24.1. The van der Waals surface area contributed by atoms with Crippen molar-refractivity contribution in [3.8, 4) is 11.5 Å². The van der Waals surface area contributed by atoms with Crippen molar-refractivity contribution >= 4 is 11.9 Å². The first-order chi connectivity index (χ1) is 16.0. The Labute approximate surface area is 203 Å². The molecule has 1 atom stereocenters. The molecular weight excluding hydrogens is 424 g/mol. The van der Waals surface area contributed by atoms with Gasteiger partial charge in [0.2, 0.25) is 0 Å². The molecule has 180 valence electrons. The molecule has 4 rings (SSSR count). The van der Waals surface area contributed by atoms with Crippen molar-refractivity contribution in [3.63, 3.8) is 0 Å². The van der Waals surface area contributed by atoms with Crippen LogP contribution >= 0.6 is 0 Å². The van der Waals surface area contributed by atoms with E-state index >= 15 is 0 Å². The lowest BCUT2D eigenvalue weighted by Crippen LogP contribution is -2.34. The highest BCUT2D eigenvalue weighted by Crippen LogP contribution is 2.45. The fraction of sp³-hybridized carbons (Fsp3) is 0.433. The topological polar surface area (TPSA) is 55.8 Å². The summed E-state index contributed by atoms with van der Waals surface area (Å²) in [5.74, 6) is 1.68. The van der Waals surface area contributed by atoms with Gasteiger partial charge in [-0.1, -0.05) is 35.4 Å². The molecule has 4 heteroatoms. The Balaban J connectivity index is 1.68. The maximum Gasteiger partial charge on any atom is 0.169 e. The number of aliphatic hydroxyl groups is 1.